The van der Waals surface area contributed by atoms with Crippen LogP contribution >= 0.6 is 11.6 Å². The van der Waals surface area contributed by atoms with Gasteiger partial charge >= 0.3 is 0 Å². The second-order valence-corrected chi connectivity index (χ2v) is 5.92. The molecule has 0 amide bonds. The fourth-order valence-electron chi connectivity index (χ4n) is 2.04. The molecule has 3 nitrogen and oxygen atoms in total. The van der Waals surface area contributed by atoms with Gasteiger partial charge in [-0.25, -0.2) is 0 Å². The lowest BCUT2D eigenvalue weighted by molar-refractivity contribution is 0.477. The topological polar surface area (TPSA) is 34.1 Å². The Morgan fingerprint density at radius 2 is 1.76 bits per heavy atom. The number of aryl methyl sites for hydroxylation is 2. The van der Waals surface area contributed by atoms with Crippen molar-refractivity contribution in [1.29, 1.82) is 0 Å². The van der Waals surface area contributed by atoms with Gasteiger partial charge in [-0.15, -0.1) is 0 Å². The maximum atomic E-state index is 6.17. The largest absolute Gasteiger partial charge is 0.456 e. The highest BCUT2D eigenvalue weighted by molar-refractivity contribution is 6.32. The number of hydrogen-bond donors (Lipinski definition) is 1. The average molecular weight is 305 g/mol. The van der Waals surface area contributed by atoms with E-state index in [1.807, 2.05) is 38.2 Å². The van der Waals surface area contributed by atoms with E-state index in [9.17, 15) is 0 Å². The van der Waals surface area contributed by atoms with E-state index >= 15 is 0 Å². The zero-order valence-electron chi connectivity index (χ0n) is 12.9. The van der Waals surface area contributed by atoms with Crippen LogP contribution in [-0.2, 0) is 6.54 Å². The highest BCUT2D eigenvalue weighted by Crippen LogP contribution is 2.29. The summed E-state index contributed by atoms with van der Waals surface area (Å²) in [6.07, 6.45) is 3.57. The highest BCUT2D eigenvalue weighted by Gasteiger charge is 2.06. The fourth-order valence-corrected chi connectivity index (χ4v) is 2.15. The Bertz CT molecular complexity index is 603. The predicted octanol–water partition coefficient (Wildman–Crippen LogP) is 4.64. The molecule has 2 aromatic rings. The summed E-state index contributed by atoms with van der Waals surface area (Å²) in [5.74, 6) is 1.52. The lowest BCUT2D eigenvalue weighted by Gasteiger charge is -2.11. The van der Waals surface area contributed by atoms with Crippen LogP contribution in [0.15, 0.2) is 30.6 Å². The summed E-state index contributed by atoms with van der Waals surface area (Å²) in [5.41, 5.74) is 3.12. The third-order valence-electron chi connectivity index (χ3n) is 3.13. The van der Waals surface area contributed by atoms with Crippen LogP contribution in [0.4, 0.5) is 0 Å². The molecule has 1 aromatic heterocycles. The number of nitrogens with zero attached hydrogens (tertiary/aromatic N) is 1. The number of halogens is 1. The highest BCUT2D eigenvalue weighted by atomic mass is 35.5. The average Bonchev–Trinajstić information content (AvgIpc) is 2.43. The molecule has 0 fully saturated rings. The first-order chi connectivity index (χ1) is 9.95. The Morgan fingerprint density at radius 3 is 2.38 bits per heavy atom. The normalized spacial score (nSPS) is 11.0. The smallest absolute Gasteiger partial charge is 0.146 e. The summed E-state index contributed by atoms with van der Waals surface area (Å²) < 4.78 is 5.89. The molecule has 1 aromatic carbocycles. The van der Waals surface area contributed by atoms with Crippen molar-refractivity contribution < 1.29 is 4.74 Å². The minimum absolute atomic E-state index is 0.441. The van der Waals surface area contributed by atoms with Gasteiger partial charge in [-0.1, -0.05) is 25.4 Å². The van der Waals surface area contributed by atoms with Crippen molar-refractivity contribution in [3.8, 4) is 11.5 Å². The molecule has 1 N–H and O–H groups in total. The maximum absolute atomic E-state index is 6.17. The molecule has 0 aliphatic rings. The Hall–Kier alpha value is -1.58. The van der Waals surface area contributed by atoms with Gasteiger partial charge in [0.25, 0.3) is 0 Å². The zero-order chi connectivity index (χ0) is 15.4. The molecule has 0 radical (unpaired) electrons. The van der Waals surface area contributed by atoms with Gasteiger partial charge in [0.05, 0.1) is 6.20 Å². The molecule has 21 heavy (non-hydrogen) atoms. The molecule has 1 heterocycles. The van der Waals surface area contributed by atoms with Crippen LogP contribution in [0.5, 0.6) is 11.5 Å². The molecular weight excluding hydrogens is 284 g/mol. The molecule has 0 unspecified atom stereocenters. The molecule has 0 aliphatic carbocycles. The van der Waals surface area contributed by atoms with E-state index in [1.54, 1.807) is 6.20 Å². The van der Waals surface area contributed by atoms with Crippen molar-refractivity contribution in [2.75, 3.05) is 0 Å². The number of pyridine rings is 1. The third-order valence-corrected chi connectivity index (χ3v) is 3.73. The SMILES string of the molecule is Cc1cc(Oc2cncc(CNC(C)C)c2)cc(C)c1Cl. The molecule has 0 saturated heterocycles. The number of hydrogen-bond acceptors (Lipinski definition) is 3. The molecule has 112 valence electrons. The second kappa shape index (κ2) is 6.92. The van der Waals surface area contributed by atoms with E-state index in [0.717, 1.165) is 39.8 Å². The van der Waals surface area contributed by atoms with Crippen LogP contribution in [0.1, 0.15) is 30.5 Å². The van der Waals surface area contributed by atoms with Crippen LogP contribution in [0.25, 0.3) is 0 Å². The molecular formula is C17H21ClN2O. The Kier molecular flexibility index (Phi) is 5.21. The van der Waals surface area contributed by atoms with Gasteiger partial charge in [-0.05, 0) is 48.7 Å². The summed E-state index contributed by atoms with van der Waals surface area (Å²) in [7, 11) is 0. The Balaban J connectivity index is 2.14. The molecule has 4 heteroatoms. The monoisotopic (exact) mass is 304 g/mol. The lowest BCUT2D eigenvalue weighted by atomic mass is 10.1. The third kappa shape index (κ3) is 4.45. The van der Waals surface area contributed by atoms with Gasteiger partial charge in [0.15, 0.2) is 0 Å². The van der Waals surface area contributed by atoms with Crippen molar-refractivity contribution in [3.05, 3.63) is 52.3 Å². The quantitative estimate of drug-likeness (QED) is 0.873. The molecule has 0 atom stereocenters. The Labute approximate surface area is 131 Å². The minimum atomic E-state index is 0.441. The van der Waals surface area contributed by atoms with Crippen LogP contribution in [0.3, 0.4) is 0 Å². The summed E-state index contributed by atoms with van der Waals surface area (Å²) in [6.45, 7) is 8.97. The summed E-state index contributed by atoms with van der Waals surface area (Å²) in [6, 6.07) is 6.32. The number of ether oxygens (including phenoxy) is 1. The summed E-state index contributed by atoms with van der Waals surface area (Å²) in [4.78, 5) is 4.23. The standard InChI is InChI=1S/C17H21ClN2O/c1-11(2)20-9-14-7-16(10-19-8-14)21-15-5-12(3)17(18)13(4)6-15/h5-8,10-11,20H,9H2,1-4H3. The zero-order valence-corrected chi connectivity index (χ0v) is 13.7. The van der Waals surface area contributed by atoms with Gasteiger partial charge in [-0.3, -0.25) is 4.98 Å². The van der Waals surface area contributed by atoms with Crippen LogP contribution in [0.2, 0.25) is 5.02 Å². The molecule has 0 bridgehead atoms. The fraction of sp³-hybridized carbons (Fsp3) is 0.353. The van der Waals surface area contributed by atoms with Gasteiger partial charge in [-0.2, -0.15) is 0 Å². The van der Waals surface area contributed by atoms with E-state index in [0.29, 0.717) is 6.04 Å². The van der Waals surface area contributed by atoms with Gasteiger partial charge in [0, 0.05) is 23.8 Å². The first kappa shape index (κ1) is 15.8. The van der Waals surface area contributed by atoms with Crippen molar-refractivity contribution in [1.82, 2.24) is 10.3 Å². The van der Waals surface area contributed by atoms with E-state index < -0.39 is 0 Å². The minimum Gasteiger partial charge on any atom is -0.456 e. The first-order valence-corrected chi connectivity index (χ1v) is 7.45. The van der Waals surface area contributed by atoms with E-state index in [-0.39, 0.29) is 0 Å². The van der Waals surface area contributed by atoms with Crippen LogP contribution in [0, 0.1) is 13.8 Å². The number of rotatable bonds is 5. The predicted molar refractivity (Wildman–Crippen MR) is 87.2 cm³/mol. The van der Waals surface area contributed by atoms with Gasteiger partial charge in [0.1, 0.15) is 11.5 Å². The second-order valence-electron chi connectivity index (χ2n) is 5.54. The van der Waals surface area contributed by atoms with Gasteiger partial charge in [0.2, 0.25) is 0 Å². The number of benzene rings is 1. The molecule has 0 spiro atoms. The van der Waals surface area contributed by atoms with Gasteiger partial charge < -0.3 is 10.1 Å². The number of nitrogens with one attached hydrogen (secondary N) is 1. The Morgan fingerprint density at radius 1 is 1.10 bits per heavy atom. The van der Waals surface area contributed by atoms with E-state index in [2.05, 4.69) is 24.1 Å². The lowest BCUT2D eigenvalue weighted by Crippen LogP contribution is -2.21. The summed E-state index contributed by atoms with van der Waals surface area (Å²) >= 11 is 6.17. The van der Waals surface area contributed by atoms with E-state index in [4.69, 9.17) is 16.3 Å². The maximum Gasteiger partial charge on any atom is 0.146 e. The first-order valence-electron chi connectivity index (χ1n) is 7.07. The molecule has 2 rings (SSSR count). The van der Waals surface area contributed by atoms with Crippen LogP contribution in [-0.4, -0.2) is 11.0 Å². The summed E-state index contributed by atoms with van der Waals surface area (Å²) in [5, 5.41) is 4.15. The molecule has 0 saturated carbocycles. The van der Waals surface area contributed by atoms with Crippen molar-refractivity contribution in [3.63, 3.8) is 0 Å². The van der Waals surface area contributed by atoms with Crippen LogP contribution < -0.4 is 10.1 Å². The van der Waals surface area contributed by atoms with Crippen molar-refractivity contribution in [2.24, 2.45) is 0 Å². The van der Waals surface area contributed by atoms with Crippen molar-refractivity contribution in [2.45, 2.75) is 40.3 Å². The van der Waals surface area contributed by atoms with Crippen molar-refractivity contribution >= 4 is 11.6 Å². The molecule has 0 aliphatic heterocycles. The van der Waals surface area contributed by atoms with E-state index in [1.165, 1.54) is 0 Å². The number of aromatic nitrogens is 1.